The van der Waals surface area contributed by atoms with E-state index in [1.807, 2.05) is 6.07 Å². The summed E-state index contributed by atoms with van der Waals surface area (Å²) in [6.45, 7) is 0.731. The standard InChI is InChI=1S/C15H14N2O3/c16-9-12-3-1-2-11(8-12)4-5-14(18)17-7-6-13(10-17)15(19)20/h1-5,8,13H,6-7,10H2,(H,19,20). The molecule has 1 aliphatic rings. The van der Waals surface area contributed by atoms with Gasteiger partial charge in [-0.05, 0) is 30.2 Å². The third kappa shape index (κ3) is 3.23. The Labute approximate surface area is 116 Å². The molecule has 1 aromatic rings. The summed E-state index contributed by atoms with van der Waals surface area (Å²) in [6, 6.07) is 8.96. The molecule has 1 aliphatic heterocycles. The van der Waals surface area contributed by atoms with Crippen molar-refractivity contribution in [2.45, 2.75) is 6.42 Å². The smallest absolute Gasteiger partial charge is 0.308 e. The number of nitrogens with zero attached hydrogens (tertiary/aromatic N) is 2. The summed E-state index contributed by atoms with van der Waals surface area (Å²) in [5.41, 5.74) is 1.30. The lowest BCUT2D eigenvalue weighted by Crippen LogP contribution is -2.28. The van der Waals surface area contributed by atoms with Crippen LogP contribution < -0.4 is 0 Å². The Hall–Kier alpha value is -2.61. The SMILES string of the molecule is N#Cc1cccc(C=CC(=O)N2CCC(C(=O)O)C2)c1. The van der Waals surface area contributed by atoms with Gasteiger partial charge in [-0.15, -0.1) is 0 Å². The van der Waals surface area contributed by atoms with Gasteiger partial charge in [-0.2, -0.15) is 5.26 Å². The number of carboxylic acid groups (broad SMARTS) is 1. The van der Waals surface area contributed by atoms with Crippen LogP contribution in [-0.2, 0) is 9.59 Å². The first-order chi connectivity index (χ1) is 9.60. The molecule has 20 heavy (non-hydrogen) atoms. The van der Waals surface area contributed by atoms with Crippen LogP contribution in [0.2, 0.25) is 0 Å². The normalized spacial score (nSPS) is 18.1. The van der Waals surface area contributed by atoms with E-state index in [2.05, 4.69) is 0 Å². The molecule has 1 saturated heterocycles. The number of hydrogen-bond acceptors (Lipinski definition) is 3. The van der Waals surface area contributed by atoms with Crippen LogP contribution in [0.4, 0.5) is 0 Å². The molecule has 5 nitrogen and oxygen atoms in total. The minimum atomic E-state index is -0.856. The number of hydrogen-bond donors (Lipinski definition) is 1. The molecule has 1 unspecified atom stereocenters. The van der Waals surface area contributed by atoms with Gasteiger partial charge < -0.3 is 10.0 Å². The van der Waals surface area contributed by atoms with Crippen molar-refractivity contribution in [1.29, 1.82) is 5.26 Å². The van der Waals surface area contributed by atoms with Gasteiger partial charge in [0.2, 0.25) is 5.91 Å². The maximum absolute atomic E-state index is 11.9. The third-order valence-electron chi connectivity index (χ3n) is 3.28. The van der Waals surface area contributed by atoms with E-state index in [-0.39, 0.29) is 12.5 Å². The summed E-state index contributed by atoms with van der Waals surface area (Å²) in [7, 11) is 0. The minimum Gasteiger partial charge on any atom is -0.481 e. The highest BCUT2D eigenvalue weighted by Gasteiger charge is 2.29. The van der Waals surface area contributed by atoms with E-state index in [9.17, 15) is 9.59 Å². The highest BCUT2D eigenvalue weighted by Crippen LogP contribution is 2.17. The fourth-order valence-corrected chi connectivity index (χ4v) is 2.15. The second-order valence-corrected chi connectivity index (χ2v) is 4.68. The number of rotatable bonds is 3. The van der Waals surface area contributed by atoms with Crippen LogP contribution >= 0.6 is 0 Å². The summed E-state index contributed by atoms with van der Waals surface area (Å²) >= 11 is 0. The van der Waals surface area contributed by atoms with Crippen LogP contribution in [0.15, 0.2) is 30.3 Å². The van der Waals surface area contributed by atoms with E-state index in [4.69, 9.17) is 10.4 Å². The topological polar surface area (TPSA) is 81.4 Å². The number of likely N-dealkylation sites (tertiary alicyclic amines) is 1. The lowest BCUT2D eigenvalue weighted by Gasteiger charge is -2.12. The van der Waals surface area contributed by atoms with Crippen LogP contribution in [0.25, 0.3) is 6.08 Å². The largest absolute Gasteiger partial charge is 0.481 e. The molecule has 1 fully saturated rings. The lowest BCUT2D eigenvalue weighted by molar-refractivity contribution is -0.141. The Balaban J connectivity index is 1.99. The third-order valence-corrected chi connectivity index (χ3v) is 3.28. The van der Waals surface area contributed by atoms with Gasteiger partial charge in [0.25, 0.3) is 0 Å². The highest BCUT2D eigenvalue weighted by molar-refractivity contribution is 5.92. The van der Waals surface area contributed by atoms with Crippen molar-refractivity contribution in [3.8, 4) is 6.07 Å². The van der Waals surface area contributed by atoms with E-state index < -0.39 is 11.9 Å². The summed E-state index contributed by atoms with van der Waals surface area (Å²) in [5, 5.41) is 17.7. The van der Waals surface area contributed by atoms with Gasteiger partial charge >= 0.3 is 5.97 Å². The van der Waals surface area contributed by atoms with Crippen molar-refractivity contribution in [3.05, 3.63) is 41.5 Å². The molecule has 1 heterocycles. The maximum atomic E-state index is 11.9. The molecule has 1 aromatic carbocycles. The van der Waals surface area contributed by atoms with Crippen molar-refractivity contribution in [2.24, 2.45) is 5.92 Å². The maximum Gasteiger partial charge on any atom is 0.308 e. The number of carbonyl (C=O) groups is 2. The number of aliphatic carboxylic acids is 1. The van der Waals surface area contributed by atoms with Crippen LogP contribution in [0.3, 0.4) is 0 Å². The molecule has 1 atom stereocenters. The predicted octanol–water partition coefficient (Wildman–Crippen LogP) is 1.50. The predicted molar refractivity (Wildman–Crippen MR) is 72.5 cm³/mol. The number of nitriles is 1. The zero-order chi connectivity index (χ0) is 14.5. The Morgan fingerprint density at radius 3 is 2.90 bits per heavy atom. The van der Waals surface area contributed by atoms with Crippen LogP contribution in [0.5, 0.6) is 0 Å². The summed E-state index contributed by atoms with van der Waals surface area (Å²) in [4.78, 5) is 24.3. The summed E-state index contributed by atoms with van der Waals surface area (Å²) < 4.78 is 0. The second kappa shape index (κ2) is 6.02. The molecule has 0 radical (unpaired) electrons. The zero-order valence-electron chi connectivity index (χ0n) is 10.8. The van der Waals surface area contributed by atoms with E-state index in [1.54, 1.807) is 30.3 Å². The van der Waals surface area contributed by atoms with Crippen molar-refractivity contribution in [2.75, 3.05) is 13.1 Å². The Bertz CT molecular complexity index is 601. The Kier molecular flexibility index (Phi) is 4.16. The molecule has 0 bridgehead atoms. The molecule has 0 spiro atoms. The van der Waals surface area contributed by atoms with E-state index in [0.29, 0.717) is 18.5 Å². The quantitative estimate of drug-likeness (QED) is 0.844. The Morgan fingerprint density at radius 1 is 1.45 bits per heavy atom. The van der Waals surface area contributed by atoms with Crippen LogP contribution in [0.1, 0.15) is 17.5 Å². The molecule has 1 amide bonds. The summed E-state index contributed by atoms with van der Waals surface area (Å²) in [5.74, 6) is -1.52. The first kappa shape index (κ1) is 13.8. The van der Waals surface area contributed by atoms with Gasteiger partial charge in [0, 0.05) is 19.2 Å². The monoisotopic (exact) mass is 270 g/mol. The zero-order valence-corrected chi connectivity index (χ0v) is 10.8. The van der Waals surface area contributed by atoms with Crippen molar-refractivity contribution in [3.63, 3.8) is 0 Å². The second-order valence-electron chi connectivity index (χ2n) is 4.68. The number of carbonyl (C=O) groups excluding carboxylic acids is 1. The van der Waals surface area contributed by atoms with Gasteiger partial charge in [0.05, 0.1) is 17.6 Å². The van der Waals surface area contributed by atoms with E-state index in [0.717, 1.165) is 5.56 Å². The molecule has 102 valence electrons. The van der Waals surface area contributed by atoms with Crippen LogP contribution in [-0.4, -0.2) is 35.0 Å². The fourth-order valence-electron chi connectivity index (χ4n) is 2.15. The number of carboxylic acids is 1. The molecular formula is C15H14N2O3. The fraction of sp³-hybridized carbons (Fsp3) is 0.267. The molecular weight excluding hydrogens is 256 g/mol. The van der Waals surface area contributed by atoms with Gasteiger partial charge in [-0.25, -0.2) is 0 Å². The molecule has 2 rings (SSSR count). The summed E-state index contributed by atoms with van der Waals surface area (Å²) in [6.07, 6.45) is 3.55. The number of benzene rings is 1. The molecule has 0 aliphatic carbocycles. The average Bonchev–Trinajstić information content (AvgIpc) is 2.95. The first-order valence-electron chi connectivity index (χ1n) is 6.30. The Morgan fingerprint density at radius 2 is 2.25 bits per heavy atom. The van der Waals surface area contributed by atoms with Gasteiger partial charge in [0.1, 0.15) is 0 Å². The van der Waals surface area contributed by atoms with Crippen molar-refractivity contribution >= 4 is 18.0 Å². The van der Waals surface area contributed by atoms with Gasteiger partial charge in [0.15, 0.2) is 0 Å². The molecule has 1 N–H and O–H groups in total. The van der Waals surface area contributed by atoms with Crippen molar-refractivity contribution < 1.29 is 14.7 Å². The average molecular weight is 270 g/mol. The van der Waals surface area contributed by atoms with Gasteiger partial charge in [-0.3, -0.25) is 9.59 Å². The van der Waals surface area contributed by atoms with Crippen LogP contribution in [0, 0.1) is 17.2 Å². The minimum absolute atomic E-state index is 0.198. The van der Waals surface area contributed by atoms with E-state index in [1.165, 1.54) is 11.0 Å². The molecule has 5 heteroatoms. The molecule has 0 aromatic heterocycles. The van der Waals surface area contributed by atoms with E-state index >= 15 is 0 Å². The highest BCUT2D eigenvalue weighted by atomic mass is 16.4. The molecule has 0 saturated carbocycles. The lowest BCUT2D eigenvalue weighted by atomic mass is 10.1. The van der Waals surface area contributed by atoms with Crippen molar-refractivity contribution in [1.82, 2.24) is 4.90 Å². The number of amides is 1. The first-order valence-corrected chi connectivity index (χ1v) is 6.30. The van der Waals surface area contributed by atoms with Gasteiger partial charge in [-0.1, -0.05) is 12.1 Å².